The molecule has 0 atom stereocenters. The third-order valence-corrected chi connectivity index (χ3v) is 3.10. The molecule has 0 aliphatic heterocycles. The van der Waals surface area contributed by atoms with Gasteiger partial charge in [0.05, 0.1) is 18.0 Å². The Morgan fingerprint density at radius 3 is 2.63 bits per heavy atom. The largest absolute Gasteiger partial charge is 0.397 e. The maximum atomic E-state index is 12.2. The normalized spacial score (nSPS) is 10.4. The highest BCUT2D eigenvalue weighted by molar-refractivity contribution is 5.96. The number of benzene rings is 1. The first-order valence-corrected chi connectivity index (χ1v) is 6.96. The van der Waals surface area contributed by atoms with Crippen molar-refractivity contribution >= 4 is 17.3 Å². The maximum Gasteiger partial charge on any atom is 0.227 e. The van der Waals surface area contributed by atoms with Crippen LogP contribution in [0.3, 0.4) is 0 Å². The molecule has 0 unspecified atom stereocenters. The number of nitrogens with zero attached hydrogens (tertiary/aromatic N) is 1. The average Bonchev–Trinajstić information content (AvgIpc) is 2.42. The summed E-state index contributed by atoms with van der Waals surface area (Å²) < 4.78 is 0. The van der Waals surface area contributed by atoms with E-state index >= 15 is 0 Å². The van der Waals surface area contributed by atoms with Crippen molar-refractivity contribution in [1.82, 2.24) is 0 Å². The van der Waals surface area contributed by atoms with E-state index in [1.165, 1.54) is 0 Å². The molecule has 19 heavy (non-hydrogen) atoms. The second-order valence-electron chi connectivity index (χ2n) is 4.64. The number of aliphatic hydroxyl groups is 1. The number of aliphatic hydroxyl groups excluding tert-OH is 1. The van der Waals surface area contributed by atoms with Gasteiger partial charge in [-0.2, -0.15) is 0 Å². The number of rotatable bonds is 8. The highest BCUT2D eigenvalue weighted by Gasteiger charge is 2.16. The lowest BCUT2D eigenvalue weighted by Gasteiger charge is -2.23. The lowest BCUT2D eigenvalue weighted by molar-refractivity contribution is -0.118. The van der Waals surface area contributed by atoms with Crippen LogP contribution in [0.1, 0.15) is 39.0 Å². The summed E-state index contributed by atoms with van der Waals surface area (Å²) in [6.45, 7) is 2.38. The fraction of sp³-hybridized carbons (Fsp3) is 0.533. The molecule has 106 valence electrons. The number of hydrogen-bond acceptors (Lipinski definition) is 3. The van der Waals surface area contributed by atoms with Crippen molar-refractivity contribution in [2.75, 3.05) is 23.8 Å². The predicted octanol–water partition coefficient (Wildman–Crippen LogP) is 2.56. The third-order valence-electron chi connectivity index (χ3n) is 3.10. The van der Waals surface area contributed by atoms with Gasteiger partial charge < -0.3 is 15.7 Å². The molecule has 4 heteroatoms. The van der Waals surface area contributed by atoms with E-state index in [0.29, 0.717) is 24.3 Å². The Morgan fingerprint density at radius 1 is 1.26 bits per heavy atom. The zero-order valence-corrected chi connectivity index (χ0v) is 11.6. The molecular formula is C15H24N2O2. The lowest BCUT2D eigenvalue weighted by Crippen LogP contribution is -2.33. The minimum absolute atomic E-state index is 0.0306. The molecule has 1 aromatic carbocycles. The Kier molecular flexibility index (Phi) is 6.97. The summed E-state index contributed by atoms with van der Waals surface area (Å²) in [5, 5.41) is 9.11. The molecule has 4 nitrogen and oxygen atoms in total. The molecule has 1 aromatic rings. The minimum Gasteiger partial charge on any atom is -0.397 e. The molecule has 0 radical (unpaired) electrons. The average molecular weight is 264 g/mol. The van der Waals surface area contributed by atoms with Crippen LogP contribution < -0.4 is 10.6 Å². The van der Waals surface area contributed by atoms with Crippen LogP contribution in [-0.4, -0.2) is 24.2 Å². The van der Waals surface area contributed by atoms with Gasteiger partial charge in [0.1, 0.15) is 0 Å². The molecule has 0 spiro atoms. The number of para-hydroxylation sites is 2. The first kappa shape index (κ1) is 15.5. The van der Waals surface area contributed by atoms with Crippen molar-refractivity contribution in [3.8, 4) is 0 Å². The highest BCUT2D eigenvalue weighted by atomic mass is 16.3. The van der Waals surface area contributed by atoms with E-state index in [4.69, 9.17) is 10.8 Å². The molecule has 0 saturated heterocycles. The van der Waals surface area contributed by atoms with Crippen LogP contribution in [0.5, 0.6) is 0 Å². The van der Waals surface area contributed by atoms with Crippen molar-refractivity contribution in [2.24, 2.45) is 0 Å². The van der Waals surface area contributed by atoms with Gasteiger partial charge in [-0.3, -0.25) is 4.79 Å². The molecule has 0 aromatic heterocycles. The summed E-state index contributed by atoms with van der Waals surface area (Å²) in [7, 11) is 0. The quantitative estimate of drug-likeness (QED) is 0.560. The van der Waals surface area contributed by atoms with E-state index < -0.39 is 0 Å². The Balaban J connectivity index is 2.66. The summed E-state index contributed by atoms with van der Waals surface area (Å²) in [6, 6.07) is 7.27. The maximum absolute atomic E-state index is 12.2. The Labute approximate surface area is 115 Å². The monoisotopic (exact) mass is 264 g/mol. The number of anilines is 2. The van der Waals surface area contributed by atoms with Gasteiger partial charge in [-0.1, -0.05) is 38.3 Å². The van der Waals surface area contributed by atoms with E-state index in [9.17, 15) is 4.79 Å². The molecule has 0 aliphatic carbocycles. The molecule has 0 fully saturated rings. The van der Waals surface area contributed by atoms with Gasteiger partial charge in [-0.25, -0.2) is 0 Å². The van der Waals surface area contributed by atoms with Crippen LogP contribution in [0, 0.1) is 0 Å². The summed E-state index contributed by atoms with van der Waals surface area (Å²) in [5.41, 5.74) is 7.15. The van der Waals surface area contributed by atoms with E-state index in [2.05, 4.69) is 6.92 Å². The first-order valence-electron chi connectivity index (χ1n) is 6.96. The van der Waals surface area contributed by atoms with Crippen LogP contribution >= 0.6 is 0 Å². The second-order valence-corrected chi connectivity index (χ2v) is 4.64. The minimum atomic E-state index is -0.0605. The topological polar surface area (TPSA) is 66.6 Å². The molecule has 3 N–H and O–H groups in total. The smallest absolute Gasteiger partial charge is 0.227 e. The summed E-state index contributed by atoms with van der Waals surface area (Å²) in [4.78, 5) is 13.8. The van der Waals surface area contributed by atoms with Crippen molar-refractivity contribution in [3.63, 3.8) is 0 Å². The van der Waals surface area contributed by atoms with Gasteiger partial charge in [0.2, 0.25) is 5.91 Å². The molecule has 0 bridgehead atoms. The fourth-order valence-corrected chi connectivity index (χ4v) is 2.05. The number of nitrogen functional groups attached to an aromatic ring is 1. The summed E-state index contributed by atoms with van der Waals surface area (Å²) in [6.07, 6.45) is 4.77. The van der Waals surface area contributed by atoms with Gasteiger partial charge in [0.25, 0.3) is 0 Å². The first-order chi connectivity index (χ1) is 9.20. The van der Waals surface area contributed by atoms with Crippen molar-refractivity contribution in [1.29, 1.82) is 0 Å². The number of carbonyl (C=O) groups is 1. The number of carbonyl (C=O) groups excluding carboxylic acids is 1. The Bertz CT molecular complexity index is 393. The Morgan fingerprint density at radius 2 is 2.00 bits per heavy atom. The third kappa shape index (κ3) is 4.91. The van der Waals surface area contributed by atoms with E-state index in [1.54, 1.807) is 11.0 Å². The van der Waals surface area contributed by atoms with Crippen LogP contribution in [0.25, 0.3) is 0 Å². The van der Waals surface area contributed by atoms with Crippen molar-refractivity contribution in [3.05, 3.63) is 24.3 Å². The highest BCUT2D eigenvalue weighted by Crippen LogP contribution is 2.23. The molecule has 0 aliphatic rings. The van der Waals surface area contributed by atoms with E-state index in [0.717, 1.165) is 25.7 Å². The standard InChI is InChI=1S/C15H24N2O2/c1-2-3-4-5-10-15(19)17(11-12-18)14-9-7-6-8-13(14)16/h6-9,18H,2-5,10-12,16H2,1H3. The van der Waals surface area contributed by atoms with E-state index in [1.807, 2.05) is 18.2 Å². The van der Waals surface area contributed by atoms with E-state index in [-0.39, 0.29) is 12.5 Å². The lowest BCUT2D eigenvalue weighted by atomic mass is 10.1. The van der Waals surface area contributed by atoms with Crippen LogP contribution in [-0.2, 0) is 4.79 Å². The second kappa shape index (κ2) is 8.53. The molecule has 0 saturated carbocycles. The summed E-state index contributed by atoms with van der Waals surface area (Å²) >= 11 is 0. The van der Waals surface area contributed by atoms with Crippen molar-refractivity contribution < 1.29 is 9.90 Å². The number of nitrogens with two attached hydrogens (primary N) is 1. The van der Waals surface area contributed by atoms with Crippen LogP contribution in [0.15, 0.2) is 24.3 Å². The zero-order valence-electron chi connectivity index (χ0n) is 11.6. The molecule has 0 heterocycles. The number of unbranched alkanes of at least 4 members (excludes halogenated alkanes) is 3. The SMILES string of the molecule is CCCCCCC(=O)N(CCO)c1ccccc1N. The van der Waals surface area contributed by atoms with Gasteiger partial charge in [0, 0.05) is 13.0 Å². The van der Waals surface area contributed by atoms with Crippen LogP contribution in [0.2, 0.25) is 0 Å². The Hall–Kier alpha value is -1.55. The number of hydrogen-bond donors (Lipinski definition) is 2. The molecular weight excluding hydrogens is 240 g/mol. The van der Waals surface area contributed by atoms with Crippen molar-refractivity contribution in [2.45, 2.75) is 39.0 Å². The van der Waals surface area contributed by atoms with Crippen LogP contribution in [0.4, 0.5) is 11.4 Å². The summed E-state index contributed by atoms with van der Waals surface area (Å²) in [5.74, 6) is 0.0306. The van der Waals surface area contributed by atoms with Gasteiger partial charge in [0.15, 0.2) is 0 Å². The molecule has 1 amide bonds. The molecule has 1 rings (SSSR count). The fourth-order valence-electron chi connectivity index (χ4n) is 2.05. The predicted molar refractivity (Wildman–Crippen MR) is 79.1 cm³/mol. The van der Waals surface area contributed by atoms with Gasteiger partial charge in [-0.05, 0) is 18.6 Å². The zero-order chi connectivity index (χ0) is 14.1. The number of amides is 1. The van der Waals surface area contributed by atoms with Gasteiger partial charge >= 0.3 is 0 Å². The van der Waals surface area contributed by atoms with Gasteiger partial charge in [-0.15, -0.1) is 0 Å².